The largest absolute Gasteiger partial charge is 0.486 e. The summed E-state index contributed by atoms with van der Waals surface area (Å²) in [6.07, 6.45) is 0. The van der Waals surface area contributed by atoms with Crippen LogP contribution in [0.3, 0.4) is 0 Å². The summed E-state index contributed by atoms with van der Waals surface area (Å²) in [5.74, 6) is 0.677. The van der Waals surface area contributed by atoms with Gasteiger partial charge in [0, 0.05) is 19.0 Å². The summed E-state index contributed by atoms with van der Waals surface area (Å²) >= 11 is 1.42. The summed E-state index contributed by atoms with van der Waals surface area (Å²) in [5, 5.41) is 5.27. The van der Waals surface area contributed by atoms with Crippen molar-refractivity contribution in [2.45, 2.75) is 27.4 Å². The van der Waals surface area contributed by atoms with E-state index >= 15 is 0 Å². The zero-order valence-corrected chi connectivity index (χ0v) is 14.8. The Hall–Kier alpha value is -1.92. The van der Waals surface area contributed by atoms with Gasteiger partial charge >= 0.3 is 0 Å². The van der Waals surface area contributed by atoms with E-state index in [-0.39, 0.29) is 5.91 Å². The second-order valence-electron chi connectivity index (χ2n) is 5.37. The van der Waals surface area contributed by atoms with Crippen LogP contribution in [-0.2, 0) is 11.3 Å². The van der Waals surface area contributed by atoms with Gasteiger partial charge in [-0.2, -0.15) is 0 Å². The van der Waals surface area contributed by atoms with Crippen molar-refractivity contribution < 1.29 is 14.3 Å². The normalized spacial score (nSPS) is 10.6. The highest BCUT2D eigenvalue weighted by Crippen LogP contribution is 2.24. The van der Waals surface area contributed by atoms with E-state index in [9.17, 15) is 4.79 Å². The maximum atomic E-state index is 11.9. The highest BCUT2D eigenvalue weighted by Gasteiger charge is 2.11. The number of ether oxygens (including phenoxy) is 2. The smallest absolute Gasteiger partial charge is 0.270 e. The molecule has 1 amide bonds. The van der Waals surface area contributed by atoms with Gasteiger partial charge in [0.2, 0.25) is 0 Å². The van der Waals surface area contributed by atoms with Gasteiger partial charge in [-0.25, -0.2) is 4.98 Å². The average molecular weight is 334 g/mol. The van der Waals surface area contributed by atoms with Crippen molar-refractivity contribution in [3.05, 3.63) is 44.9 Å². The van der Waals surface area contributed by atoms with Crippen molar-refractivity contribution in [1.29, 1.82) is 0 Å². The van der Waals surface area contributed by atoms with Crippen LogP contribution in [0.5, 0.6) is 5.75 Å². The lowest BCUT2D eigenvalue weighted by Gasteiger charge is -2.11. The van der Waals surface area contributed by atoms with Crippen molar-refractivity contribution in [3.8, 4) is 5.75 Å². The standard InChI is InChI=1S/C17H22N2O3S/c1-11-7-12(2)13(3)15(8-11)22-9-16-19-14(10-23-16)17(20)18-5-6-21-4/h7-8,10H,5-6,9H2,1-4H3,(H,18,20). The van der Waals surface area contributed by atoms with Gasteiger partial charge in [-0.3, -0.25) is 4.79 Å². The molecule has 5 nitrogen and oxygen atoms in total. The average Bonchev–Trinajstić information content (AvgIpc) is 2.98. The van der Waals surface area contributed by atoms with Gasteiger partial charge in [0.15, 0.2) is 0 Å². The van der Waals surface area contributed by atoms with Crippen molar-refractivity contribution in [3.63, 3.8) is 0 Å². The molecule has 124 valence electrons. The number of hydrogen-bond acceptors (Lipinski definition) is 5. The molecule has 1 aromatic carbocycles. The number of aromatic nitrogens is 1. The molecule has 1 heterocycles. The Morgan fingerprint density at radius 3 is 2.83 bits per heavy atom. The van der Waals surface area contributed by atoms with Crippen molar-refractivity contribution in [1.82, 2.24) is 10.3 Å². The molecule has 0 spiro atoms. The minimum absolute atomic E-state index is 0.188. The van der Waals surface area contributed by atoms with E-state index in [4.69, 9.17) is 9.47 Å². The highest BCUT2D eigenvalue weighted by atomic mass is 32.1. The maximum absolute atomic E-state index is 11.9. The number of methoxy groups -OCH3 is 1. The van der Waals surface area contributed by atoms with Crippen LogP contribution in [0.25, 0.3) is 0 Å². The summed E-state index contributed by atoms with van der Waals surface area (Å²) in [7, 11) is 1.60. The molecule has 2 rings (SSSR count). The monoisotopic (exact) mass is 334 g/mol. The molecule has 1 N–H and O–H groups in total. The predicted octanol–water partition coefficient (Wildman–Crippen LogP) is 3.02. The molecule has 0 aliphatic rings. The fourth-order valence-electron chi connectivity index (χ4n) is 2.13. The minimum atomic E-state index is -0.188. The van der Waals surface area contributed by atoms with Crippen LogP contribution >= 0.6 is 11.3 Å². The number of nitrogens with zero attached hydrogens (tertiary/aromatic N) is 1. The molecule has 0 aliphatic heterocycles. The van der Waals surface area contributed by atoms with Crippen LogP contribution in [0.15, 0.2) is 17.5 Å². The van der Waals surface area contributed by atoms with E-state index in [1.54, 1.807) is 12.5 Å². The van der Waals surface area contributed by atoms with Gasteiger partial charge in [0.05, 0.1) is 6.61 Å². The lowest BCUT2D eigenvalue weighted by atomic mass is 10.1. The molecule has 0 radical (unpaired) electrons. The summed E-state index contributed by atoms with van der Waals surface area (Å²) in [4.78, 5) is 16.2. The fourth-order valence-corrected chi connectivity index (χ4v) is 2.81. The van der Waals surface area contributed by atoms with Crippen LogP contribution in [0, 0.1) is 20.8 Å². The van der Waals surface area contributed by atoms with Crippen molar-refractivity contribution in [2.75, 3.05) is 20.3 Å². The van der Waals surface area contributed by atoms with Crippen LogP contribution in [0.4, 0.5) is 0 Å². The Bertz CT molecular complexity index is 682. The molecule has 0 saturated carbocycles. The number of benzene rings is 1. The number of aryl methyl sites for hydroxylation is 2. The molecule has 0 bridgehead atoms. The Kier molecular flexibility index (Phi) is 6.12. The Morgan fingerprint density at radius 2 is 2.09 bits per heavy atom. The molecule has 1 aromatic heterocycles. The van der Waals surface area contributed by atoms with Crippen LogP contribution < -0.4 is 10.1 Å². The third kappa shape index (κ3) is 4.77. The van der Waals surface area contributed by atoms with Crippen molar-refractivity contribution in [2.24, 2.45) is 0 Å². The molecule has 0 aliphatic carbocycles. The third-order valence-electron chi connectivity index (χ3n) is 3.49. The van der Waals surface area contributed by atoms with Gasteiger partial charge in [-0.1, -0.05) is 6.07 Å². The van der Waals surface area contributed by atoms with E-state index in [1.807, 2.05) is 19.9 Å². The summed E-state index contributed by atoms with van der Waals surface area (Å²) in [5.41, 5.74) is 3.92. The molecule has 2 aromatic rings. The number of thiazole rings is 1. The molecule has 0 atom stereocenters. The molecule has 6 heteroatoms. The topological polar surface area (TPSA) is 60.5 Å². The number of carbonyl (C=O) groups is 1. The van der Waals surface area contributed by atoms with E-state index in [0.29, 0.717) is 25.5 Å². The first kappa shape index (κ1) is 17.4. The van der Waals surface area contributed by atoms with Crippen LogP contribution in [-0.4, -0.2) is 31.2 Å². The van der Waals surface area contributed by atoms with Crippen molar-refractivity contribution >= 4 is 17.2 Å². The Morgan fingerprint density at radius 1 is 1.30 bits per heavy atom. The van der Waals surface area contributed by atoms with E-state index < -0.39 is 0 Å². The number of amides is 1. The first-order valence-corrected chi connectivity index (χ1v) is 8.31. The predicted molar refractivity (Wildman–Crippen MR) is 91.3 cm³/mol. The maximum Gasteiger partial charge on any atom is 0.270 e. The SMILES string of the molecule is COCCNC(=O)c1csc(COc2cc(C)cc(C)c2C)n1. The molecular weight excluding hydrogens is 312 g/mol. The first-order chi connectivity index (χ1) is 11.0. The van der Waals surface area contributed by atoms with Gasteiger partial charge in [-0.05, 0) is 43.5 Å². The van der Waals surface area contributed by atoms with Gasteiger partial charge in [0.1, 0.15) is 23.1 Å². The van der Waals surface area contributed by atoms with E-state index in [1.165, 1.54) is 22.5 Å². The fraction of sp³-hybridized carbons (Fsp3) is 0.412. The summed E-state index contributed by atoms with van der Waals surface area (Å²) in [6.45, 7) is 7.48. The summed E-state index contributed by atoms with van der Waals surface area (Å²) in [6, 6.07) is 4.16. The lowest BCUT2D eigenvalue weighted by molar-refractivity contribution is 0.0932. The van der Waals surface area contributed by atoms with Gasteiger partial charge < -0.3 is 14.8 Å². The highest BCUT2D eigenvalue weighted by molar-refractivity contribution is 7.09. The quantitative estimate of drug-likeness (QED) is 0.791. The van der Waals surface area contributed by atoms with Gasteiger partial charge in [0.25, 0.3) is 5.91 Å². The molecule has 23 heavy (non-hydrogen) atoms. The Balaban J connectivity index is 1.96. The second-order valence-corrected chi connectivity index (χ2v) is 6.31. The second kappa shape index (κ2) is 8.08. The van der Waals surface area contributed by atoms with Crippen LogP contribution in [0.2, 0.25) is 0 Å². The van der Waals surface area contributed by atoms with Gasteiger partial charge in [-0.15, -0.1) is 11.3 Å². The molecule has 0 unspecified atom stereocenters. The number of nitrogens with one attached hydrogen (secondary N) is 1. The number of rotatable bonds is 7. The minimum Gasteiger partial charge on any atom is -0.486 e. The number of carbonyl (C=O) groups excluding carboxylic acids is 1. The Labute approximate surface area is 140 Å². The number of hydrogen-bond donors (Lipinski definition) is 1. The zero-order chi connectivity index (χ0) is 16.8. The first-order valence-electron chi connectivity index (χ1n) is 7.43. The summed E-state index contributed by atoms with van der Waals surface area (Å²) < 4.78 is 10.8. The molecule has 0 saturated heterocycles. The molecule has 0 fully saturated rings. The third-order valence-corrected chi connectivity index (χ3v) is 4.31. The van der Waals surface area contributed by atoms with E-state index in [2.05, 4.69) is 23.3 Å². The molecular formula is C17H22N2O3S. The van der Waals surface area contributed by atoms with Crippen LogP contribution in [0.1, 0.15) is 32.2 Å². The lowest BCUT2D eigenvalue weighted by Crippen LogP contribution is -2.27. The zero-order valence-electron chi connectivity index (χ0n) is 13.9. The van der Waals surface area contributed by atoms with E-state index in [0.717, 1.165) is 16.3 Å².